The molecule has 0 bridgehead atoms. The summed E-state index contributed by atoms with van der Waals surface area (Å²) in [7, 11) is 0. The van der Waals surface area contributed by atoms with E-state index in [4.69, 9.17) is 9.47 Å². The number of benzene rings is 2. The fourth-order valence-electron chi connectivity index (χ4n) is 2.82. The monoisotopic (exact) mass is 375 g/mol. The van der Waals surface area contributed by atoms with Crippen LogP contribution in [0, 0.1) is 0 Å². The number of carboxylic acid groups (broad SMARTS) is 1. The SMILES string of the molecule is O=C(O)c1c[nH]c2ccc(Oc3cc(COCc4ccccc4)ncn3)cc12. The molecule has 0 amide bonds. The largest absolute Gasteiger partial charge is 0.478 e. The average molecular weight is 375 g/mol. The number of hydrogen-bond acceptors (Lipinski definition) is 5. The molecule has 4 aromatic rings. The molecule has 2 aromatic heterocycles. The highest BCUT2D eigenvalue weighted by Crippen LogP contribution is 2.26. The summed E-state index contributed by atoms with van der Waals surface area (Å²) in [4.78, 5) is 22.5. The Balaban J connectivity index is 1.45. The van der Waals surface area contributed by atoms with Crippen molar-refractivity contribution in [3.8, 4) is 11.6 Å². The maximum Gasteiger partial charge on any atom is 0.337 e. The van der Waals surface area contributed by atoms with Crippen molar-refractivity contribution in [3.63, 3.8) is 0 Å². The van der Waals surface area contributed by atoms with E-state index in [1.165, 1.54) is 12.5 Å². The third-order valence-corrected chi connectivity index (χ3v) is 4.17. The molecule has 2 aromatic carbocycles. The summed E-state index contributed by atoms with van der Waals surface area (Å²) in [5.74, 6) is -0.146. The highest BCUT2D eigenvalue weighted by atomic mass is 16.5. The third-order valence-electron chi connectivity index (χ3n) is 4.17. The Labute approximate surface area is 160 Å². The standard InChI is InChI=1S/C21H17N3O4/c25-21(26)18-10-22-19-7-6-16(9-17(18)19)28-20-8-15(23-13-24-20)12-27-11-14-4-2-1-3-5-14/h1-10,13,22H,11-12H2,(H,25,26). The first kappa shape index (κ1) is 17.7. The molecule has 0 aliphatic rings. The van der Waals surface area contributed by atoms with Crippen LogP contribution < -0.4 is 4.74 Å². The van der Waals surface area contributed by atoms with Crippen molar-refractivity contribution in [1.29, 1.82) is 0 Å². The fraction of sp³-hybridized carbons (Fsp3) is 0.0952. The lowest BCUT2D eigenvalue weighted by molar-refractivity contribution is 0.0699. The second-order valence-corrected chi connectivity index (χ2v) is 6.14. The molecule has 0 radical (unpaired) electrons. The summed E-state index contributed by atoms with van der Waals surface area (Å²) in [6.07, 6.45) is 2.87. The van der Waals surface area contributed by atoms with E-state index in [1.807, 2.05) is 30.3 Å². The number of rotatable bonds is 7. The molecule has 0 spiro atoms. The van der Waals surface area contributed by atoms with Crippen molar-refractivity contribution in [2.75, 3.05) is 0 Å². The van der Waals surface area contributed by atoms with Crippen molar-refractivity contribution in [1.82, 2.24) is 15.0 Å². The fourth-order valence-corrected chi connectivity index (χ4v) is 2.82. The number of carboxylic acids is 1. The molecule has 7 heteroatoms. The van der Waals surface area contributed by atoms with Gasteiger partial charge in [0.15, 0.2) is 0 Å². The van der Waals surface area contributed by atoms with Gasteiger partial charge in [0.1, 0.15) is 12.1 Å². The Morgan fingerprint density at radius 2 is 1.89 bits per heavy atom. The molecule has 4 rings (SSSR count). The lowest BCUT2D eigenvalue weighted by atomic mass is 10.1. The number of nitrogens with zero attached hydrogens (tertiary/aromatic N) is 2. The van der Waals surface area contributed by atoms with E-state index in [1.54, 1.807) is 24.3 Å². The van der Waals surface area contributed by atoms with Crippen LogP contribution in [-0.4, -0.2) is 26.0 Å². The minimum atomic E-state index is -0.997. The first-order chi connectivity index (χ1) is 13.7. The van der Waals surface area contributed by atoms with Crippen LogP contribution in [0.1, 0.15) is 21.6 Å². The molecule has 140 valence electrons. The molecule has 0 unspecified atom stereocenters. The first-order valence-electron chi connectivity index (χ1n) is 8.64. The molecule has 0 saturated carbocycles. The van der Waals surface area contributed by atoms with Crippen LogP contribution in [0.15, 0.2) is 67.1 Å². The molecule has 7 nitrogen and oxygen atoms in total. The lowest BCUT2D eigenvalue weighted by Crippen LogP contribution is -1.98. The van der Waals surface area contributed by atoms with Gasteiger partial charge in [-0.1, -0.05) is 30.3 Å². The van der Waals surface area contributed by atoms with E-state index in [0.29, 0.717) is 35.9 Å². The van der Waals surface area contributed by atoms with Gasteiger partial charge in [-0.15, -0.1) is 0 Å². The second-order valence-electron chi connectivity index (χ2n) is 6.14. The summed E-state index contributed by atoms with van der Waals surface area (Å²) >= 11 is 0. The number of carbonyl (C=O) groups is 1. The zero-order valence-electron chi connectivity index (χ0n) is 14.8. The summed E-state index contributed by atoms with van der Waals surface area (Å²) in [6.45, 7) is 0.816. The highest BCUT2D eigenvalue weighted by Gasteiger charge is 2.12. The number of nitrogens with one attached hydrogen (secondary N) is 1. The Bertz CT molecular complexity index is 1110. The van der Waals surface area contributed by atoms with Crippen LogP contribution in [0.2, 0.25) is 0 Å². The minimum Gasteiger partial charge on any atom is -0.478 e. The number of aromatic amines is 1. The summed E-state index contributed by atoms with van der Waals surface area (Å²) in [6, 6.07) is 16.8. The molecule has 0 fully saturated rings. The van der Waals surface area contributed by atoms with Crippen LogP contribution in [0.4, 0.5) is 0 Å². The van der Waals surface area contributed by atoms with Crippen LogP contribution in [0.3, 0.4) is 0 Å². The number of aromatic nitrogens is 3. The van der Waals surface area contributed by atoms with Crippen molar-refractivity contribution in [2.24, 2.45) is 0 Å². The zero-order chi connectivity index (χ0) is 19.3. The second kappa shape index (κ2) is 7.89. The van der Waals surface area contributed by atoms with Crippen LogP contribution in [-0.2, 0) is 18.0 Å². The quantitative estimate of drug-likeness (QED) is 0.503. The molecule has 2 N–H and O–H groups in total. The highest BCUT2D eigenvalue weighted by molar-refractivity contribution is 6.03. The van der Waals surface area contributed by atoms with Gasteiger partial charge in [-0.05, 0) is 23.8 Å². The van der Waals surface area contributed by atoms with Gasteiger partial charge < -0.3 is 19.6 Å². The smallest absolute Gasteiger partial charge is 0.337 e. The Morgan fingerprint density at radius 3 is 2.71 bits per heavy atom. The number of fused-ring (bicyclic) bond motifs is 1. The maximum absolute atomic E-state index is 11.3. The van der Waals surface area contributed by atoms with E-state index < -0.39 is 5.97 Å². The van der Waals surface area contributed by atoms with Gasteiger partial charge in [0, 0.05) is 23.2 Å². The van der Waals surface area contributed by atoms with Gasteiger partial charge in [-0.25, -0.2) is 14.8 Å². The third kappa shape index (κ3) is 3.99. The molecule has 28 heavy (non-hydrogen) atoms. The van der Waals surface area contributed by atoms with Gasteiger partial charge in [-0.3, -0.25) is 0 Å². The van der Waals surface area contributed by atoms with Crippen LogP contribution >= 0.6 is 0 Å². The van der Waals surface area contributed by atoms with E-state index >= 15 is 0 Å². The van der Waals surface area contributed by atoms with Gasteiger partial charge in [-0.2, -0.15) is 0 Å². The number of hydrogen-bond donors (Lipinski definition) is 2. The molecular weight excluding hydrogens is 358 g/mol. The van der Waals surface area contributed by atoms with Crippen LogP contribution in [0.25, 0.3) is 10.9 Å². The zero-order valence-corrected chi connectivity index (χ0v) is 14.8. The van der Waals surface area contributed by atoms with E-state index in [-0.39, 0.29) is 5.56 Å². The predicted octanol–water partition coefficient (Wildman–Crippen LogP) is 4.17. The molecule has 0 atom stereocenters. The average Bonchev–Trinajstić information content (AvgIpc) is 3.13. The van der Waals surface area contributed by atoms with E-state index in [9.17, 15) is 9.90 Å². The predicted molar refractivity (Wildman–Crippen MR) is 102 cm³/mol. The Hall–Kier alpha value is -3.71. The van der Waals surface area contributed by atoms with Gasteiger partial charge in [0.05, 0.1) is 24.5 Å². The molecule has 0 aliphatic carbocycles. The van der Waals surface area contributed by atoms with E-state index in [0.717, 1.165) is 11.1 Å². The van der Waals surface area contributed by atoms with Crippen molar-refractivity contribution < 1.29 is 19.4 Å². The first-order valence-corrected chi connectivity index (χ1v) is 8.64. The summed E-state index contributed by atoms with van der Waals surface area (Å²) in [5.41, 5.74) is 2.69. The molecule has 0 aliphatic heterocycles. The number of ether oxygens (including phenoxy) is 2. The topological polar surface area (TPSA) is 97.3 Å². The van der Waals surface area contributed by atoms with Gasteiger partial charge in [0.2, 0.25) is 5.88 Å². The van der Waals surface area contributed by atoms with Gasteiger partial charge in [0.25, 0.3) is 0 Å². The maximum atomic E-state index is 11.3. The number of aromatic carboxylic acids is 1. The summed E-state index contributed by atoms with van der Waals surface area (Å²) < 4.78 is 11.5. The molecule has 2 heterocycles. The Morgan fingerprint density at radius 1 is 1.04 bits per heavy atom. The van der Waals surface area contributed by atoms with Crippen molar-refractivity contribution in [2.45, 2.75) is 13.2 Å². The van der Waals surface area contributed by atoms with E-state index in [2.05, 4.69) is 15.0 Å². The van der Waals surface area contributed by atoms with Crippen molar-refractivity contribution >= 4 is 16.9 Å². The normalized spacial score (nSPS) is 10.9. The Kier molecular flexibility index (Phi) is 4.99. The minimum absolute atomic E-state index is 0.193. The number of H-pyrrole nitrogens is 1. The molecular formula is C21H17N3O4. The lowest BCUT2D eigenvalue weighted by Gasteiger charge is -2.07. The summed E-state index contributed by atoms with van der Waals surface area (Å²) in [5, 5.41) is 9.83. The van der Waals surface area contributed by atoms with Crippen LogP contribution in [0.5, 0.6) is 11.6 Å². The molecule has 0 saturated heterocycles. The van der Waals surface area contributed by atoms with Gasteiger partial charge >= 0.3 is 5.97 Å². The van der Waals surface area contributed by atoms with Crippen molar-refractivity contribution in [3.05, 3.63) is 83.9 Å².